The summed E-state index contributed by atoms with van der Waals surface area (Å²) in [5.41, 5.74) is 3.19. The van der Waals surface area contributed by atoms with E-state index in [0.717, 1.165) is 12.5 Å². The number of rotatable bonds is 6. The molecule has 0 fully saturated rings. The number of amides is 3. The molecular formula is C28H25F2N9O2. The number of aromatic nitrogens is 6. The number of nitrogens with one attached hydrogen (secondary N) is 2. The summed E-state index contributed by atoms with van der Waals surface area (Å²) in [5, 5.41) is 10.3. The summed E-state index contributed by atoms with van der Waals surface area (Å²) in [7, 11) is 0. The number of halogens is 2. The van der Waals surface area contributed by atoms with Crippen molar-refractivity contribution in [1.82, 2.24) is 39.3 Å². The lowest BCUT2D eigenvalue weighted by atomic mass is 10.1. The Bertz CT molecular complexity index is 1760. The zero-order valence-electron chi connectivity index (χ0n) is 22.0. The van der Waals surface area contributed by atoms with E-state index in [1.165, 1.54) is 28.9 Å². The maximum Gasteiger partial charge on any atom is 0.317 e. The van der Waals surface area contributed by atoms with E-state index in [2.05, 4.69) is 20.6 Å². The lowest BCUT2D eigenvalue weighted by Gasteiger charge is -2.28. The number of anilines is 1. The van der Waals surface area contributed by atoms with Crippen molar-refractivity contribution in [2.45, 2.75) is 26.4 Å². The fraction of sp³-hybridized carbons (Fsp3) is 0.214. The van der Waals surface area contributed by atoms with Crippen molar-refractivity contribution in [3.63, 3.8) is 0 Å². The molecule has 0 unspecified atom stereocenters. The molecule has 11 nitrogen and oxygen atoms in total. The lowest BCUT2D eigenvalue weighted by molar-refractivity contribution is 0.102. The predicted molar refractivity (Wildman–Crippen MR) is 146 cm³/mol. The first-order valence-corrected chi connectivity index (χ1v) is 13.1. The Morgan fingerprint density at radius 1 is 1.02 bits per heavy atom. The molecule has 13 heteroatoms. The van der Waals surface area contributed by atoms with Crippen LogP contribution in [0.4, 0.5) is 19.4 Å². The van der Waals surface area contributed by atoms with Gasteiger partial charge in [-0.15, -0.1) is 0 Å². The highest BCUT2D eigenvalue weighted by atomic mass is 19.1. The van der Waals surface area contributed by atoms with E-state index in [1.54, 1.807) is 35.4 Å². The van der Waals surface area contributed by atoms with Gasteiger partial charge in [-0.1, -0.05) is 6.92 Å². The van der Waals surface area contributed by atoms with Crippen LogP contribution in [0.2, 0.25) is 0 Å². The topological polar surface area (TPSA) is 122 Å². The highest BCUT2D eigenvalue weighted by Crippen LogP contribution is 2.34. The van der Waals surface area contributed by atoms with Crippen LogP contribution in [0, 0.1) is 11.8 Å². The summed E-state index contributed by atoms with van der Waals surface area (Å²) < 4.78 is 30.7. The third-order valence-electron chi connectivity index (χ3n) is 6.70. The van der Waals surface area contributed by atoms with Crippen LogP contribution >= 0.6 is 0 Å². The van der Waals surface area contributed by atoms with Crippen molar-refractivity contribution < 1.29 is 18.4 Å². The lowest BCUT2D eigenvalue weighted by Crippen LogP contribution is -2.44. The Labute approximate surface area is 232 Å². The molecule has 6 rings (SSSR count). The zero-order valence-corrected chi connectivity index (χ0v) is 22.0. The molecule has 41 heavy (non-hydrogen) atoms. The Balaban J connectivity index is 1.36. The average Bonchev–Trinajstić information content (AvgIpc) is 3.56. The first kappa shape index (κ1) is 26.0. The molecule has 2 N–H and O–H groups in total. The minimum absolute atomic E-state index is 0.107. The van der Waals surface area contributed by atoms with E-state index in [1.807, 2.05) is 11.5 Å². The second kappa shape index (κ2) is 10.8. The number of hydrogen-bond donors (Lipinski definition) is 2. The van der Waals surface area contributed by atoms with Crippen LogP contribution in [-0.2, 0) is 13.1 Å². The van der Waals surface area contributed by atoms with Gasteiger partial charge in [0.25, 0.3) is 5.91 Å². The van der Waals surface area contributed by atoms with Crippen LogP contribution in [0.15, 0.2) is 60.9 Å². The molecule has 5 heterocycles. The summed E-state index contributed by atoms with van der Waals surface area (Å²) in [5.74, 6) is -0.738. The number of fused-ring (bicyclic) bond motifs is 2. The van der Waals surface area contributed by atoms with Gasteiger partial charge in [0, 0.05) is 43.0 Å². The number of hydrogen-bond acceptors (Lipinski definition) is 6. The fourth-order valence-corrected chi connectivity index (χ4v) is 4.72. The SMILES string of the molecule is CCCNC(=O)N1CCn2c(nc(-c3ccc(F)cc3)c2-c2ccc3nc(NC(=O)c4ccnc(F)c4)cn3n2)C1. The first-order valence-electron chi connectivity index (χ1n) is 13.1. The van der Waals surface area contributed by atoms with E-state index >= 15 is 0 Å². The highest BCUT2D eigenvalue weighted by Gasteiger charge is 2.28. The van der Waals surface area contributed by atoms with Crippen molar-refractivity contribution in [3.05, 3.63) is 84.1 Å². The molecule has 1 aliphatic rings. The number of benzene rings is 1. The van der Waals surface area contributed by atoms with Crippen molar-refractivity contribution in [2.75, 3.05) is 18.4 Å². The molecule has 0 atom stereocenters. The van der Waals surface area contributed by atoms with Gasteiger partial charge in [0.15, 0.2) is 11.5 Å². The molecule has 1 aromatic carbocycles. The molecule has 0 spiro atoms. The summed E-state index contributed by atoms with van der Waals surface area (Å²) in [6.07, 6.45) is 3.60. The van der Waals surface area contributed by atoms with Gasteiger partial charge in [-0.05, 0) is 48.9 Å². The van der Waals surface area contributed by atoms with Gasteiger partial charge in [0.1, 0.15) is 17.3 Å². The average molecular weight is 558 g/mol. The Hall–Kier alpha value is -5.20. The number of nitrogens with zero attached hydrogens (tertiary/aromatic N) is 7. The molecule has 3 amide bonds. The molecule has 208 valence electrons. The summed E-state index contributed by atoms with van der Waals surface area (Å²) in [6.45, 7) is 3.86. The number of carbonyl (C=O) groups excluding carboxylic acids is 2. The molecule has 5 aromatic rings. The monoisotopic (exact) mass is 557 g/mol. The number of urea groups is 1. The van der Waals surface area contributed by atoms with Gasteiger partial charge in [0.05, 0.1) is 24.1 Å². The largest absolute Gasteiger partial charge is 0.338 e. The minimum Gasteiger partial charge on any atom is -0.338 e. The quantitative estimate of drug-likeness (QED) is 0.303. The van der Waals surface area contributed by atoms with Gasteiger partial charge < -0.3 is 20.1 Å². The van der Waals surface area contributed by atoms with Crippen molar-refractivity contribution in [2.24, 2.45) is 0 Å². The molecular weight excluding hydrogens is 532 g/mol. The molecule has 0 saturated carbocycles. The van der Waals surface area contributed by atoms with E-state index in [-0.39, 0.29) is 23.2 Å². The van der Waals surface area contributed by atoms with Crippen LogP contribution in [0.25, 0.3) is 28.3 Å². The first-order chi connectivity index (χ1) is 19.9. The summed E-state index contributed by atoms with van der Waals surface area (Å²) in [6, 6.07) is 11.9. The van der Waals surface area contributed by atoms with E-state index < -0.39 is 11.9 Å². The zero-order chi connectivity index (χ0) is 28.5. The van der Waals surface area contributed by atoms with Crippen LogP contribution in [-0.4, -0.2) is 59.1 Å². The normalized spacial score (nSPS) is 12.8. The summed E-state index contributed by atoms with van der Waals surface area (Å²) >= 11 is 0. The van der Waals surface area contributed by atoms with Crippen molar-refractivity contribution in [3.8, 4) is 22.6 Å². The molecule has 0 bridgehead atoms. The van der Waals surface area contributed by atoms with Crippen LogP contribution in [0.1, 0.15) is 29.5 Å². The van der Waals surface area contributed by atoms with Gasteiger partial charge >= 0.3 is 6.03 Å². The van der Waals surface area contributed by atoms with E-state index in [0.29, 0.717) is 60.3 Å². The Kier molecular flexibility index (Phi) is 6.83. The Morgan fingerprint density at radius 2 is 1.85 bits per heavy atom. The number of pyridine rings is 1. The van der Waals surface area contributed by atoms with Gasteiger partial charge in [0.2, 0.25) is 5.95 Å². The molecule has 0 saturated heterocycles. The van der Waals surface area contributed by atoms with Crippen molar-refractivity contribution in [1.29, 1.82) is 0 Å². The second-order valence-electron chi connectivity index (χ2n) is 9.51. The molecule has 0 radical (unpaired) electrons. The van der Waals surface area contributed by atoms with Gasteiger partial charge in [-0.2, -0.15) is 9.49 Å². The van der Waals surface area contributed by atoms with E-state index in [9.17, 15) is 18.4 Å². The van der Waals surface area contributed by atoms with Crippen LogP contribution < -0.4 is 10.6 Å². The van der Waals surface area contributed by atoms with Gasteiger partial charge in [-0.25, -0.2) is 28.7 Å². The standard InChI is InChI=1S/C28H25F2N9O2/c1-2-10-32-28(41)37-12-13-38-24(16-37)35-25(17-3-5-19(29)6-4-17)26(38)20-7-8-23-33-22(15-39(23)36-20)34-27(40)18-9-11-31-21(30)14-18/h3-9,11,14-15H,2,10,12-13,16H2,1H3,(H,32,41)(H,34,40). The highest BCUT2D eigenvalue weighted by molar-refractivity contribution is 6.03. The smallest absolute Gasteiger partial charge is 0.317 e. The number of imidazole rings is 2. The Morgan fingerprint density at radius 3 is 2.63 bits per heavy atom. The maximum absolute atomic E-state index is 13.7. The third-order valence-corrected chi connectivity index (χ3v) is 6.70. The molecule has 0 aliphatic carbocycles. The molecule has 1 aliphatic heterocycles. The van der Waals surface area contributed by atoms with Crippen LogP contribution in [0.3, 0.4) is 0 Å². The maximum atomic E-state index is 13.7. The van der Waals surface area contributed by atoms with Crippen molar-refractivity contribution >= 4 is 23.4 Å². The number of carbonyl (C=O) groups is 2. The fourth-order valence-electron chi connectivity index (χ4n) is 4.72. The predicted octanol–water partition coefficient (Wildman–Crippen LogP) is 4.12. The minimum atomic E-state index is -0.759. The third kappa shape index (κ3) is 5.21. The van der Waals surface area contributed by atoms with Crippen LogP contribution in [0.5, 0.6) is 0 Å². The summed E-state index contributed by atoms with van der Waals surface area (Å²) in [4.78, 5) is 39.6. The van der Waals surface area contributed by atoms with E-state index in [4.69, 9.17) is 10.1 Å². The van der Waals surface area contributed by atoms with Gasteiger partial charge in [-0.3, -0.25) is 4.79 Å². The molecule has 4 aromatic heterocycles. The second-order valence-corrected chi connectivity index (χ2v) is 9.51.